The summed E-state index contributed by atoms with van der Waals surface area (Å²) in [6.45, 7) is 5.72. The minimum absolute atomic E-state index is 0.861. The van der Waals surface area contributed by atoms with Crippen molar-refractivity contribution in [1.82, 2.24) is 15.3 Å². The molecular formula is C8H15N3O. The third-order valence-corrected chi connectivity index (χ3v) is 2.21. The molecule has 12 heavy (non-hydrogen) atoms. The fraction of sp³-hybridized carbons (Fsp3) is 0.750. The molecule has 1 N–H and O–H groups in total. The molecule has 1 saturated heterocycles. The van der Waals surface area contributed by atoms with Crippen LogP contribution in [0.4, 0.5) is 0 Å². The molecule has 2 aliphatic heterocycles. The van der Waals surface area contributed by atoms with Crippen molar-refractivity contribution in [3.63, 3.8) is 0 Å². The standard InChI is InChI=1S/C8H15N3O/c1-2-9-8-11(3-1)10-4-6-12-7-5-10/h1-2,9H,3-8H2. The van der Waals surface area contributed by atoms with Gasteiger partial charge in [-0.05, 0) is 6.20 Å². The summed E-state index contributed by atoms with van der Waals surface area (Å²) >= 11 is 0. The molecular weight excluding hydrogens is 154 g/mol. The molecule has 0 spiro atoms. The Labute approximate surface area is 72.7 Å². The van der Waals surface area contributed by atoms with Gasteiger partial charge in [-0.3, -0.25) is 0 Å². The van der Waals surface area contributed by atoms with Crippen LogP contribution in [0.25, 0.3) is 0 Å². The van der Waals surface area contributed by atoms with E-state index in [1.54, 1.807) is 0 Å². The fourth-order valence-corrected chi connectivity index (χ4v) is 1.53. The summed E-state index contributed by atoms with van der Waals surface area (Å²) in [6, 6.07) is 0. The zero-order valence-electron chi connectivity index (χ0n) is 7.20. The molecule has 0 atom stereocenters. The predicted molar refractivity (Wildman–Crippen MR) is 46.2 cm³/mol. The van der Waals surface area contributed by atoms with E-state index < -0.39 is 0 Å². The maximum Gasteiger partial charge on any atom is 0.0812 e. The molecule has 0 aromatic carbocycles. The average Bonchev–Trinajstić information content (AvgIpc) is 2.21. The van der Waals surface area contributed by atoms with E-state index in [1.807, 2.05) is 6.20 Å². The highest BCUT2D eigenvalue weighted by Gasteiger charge is 2.17. The van der Waals surface area contributed by atoms with Crippen molar-refractivity contribution in [3.8, 4) is 0 Å². The lowest BCUT2D eigenvalue weighted by Crippen LogP contribution is -2.52. The molecule has 4 nitrogen and oxygen atoms in total. The number of morpholine rings is 1. The van der Waals surface area contributed by atoms with Gasteiger partial charge in [-0.1, -0.05) is 6.08 Å². The smallest absolute Gasteiger partial charge is 0.0812 e. The molecule has 0 radical (unpaired) electrons. The number of nitrogens with one attached hydrogen (secondary N) is 1. The molecule has 2 heterocycles. The molecule has 0 aromatic heterocycles. The van der Waals surface area contributed by atoms with Crippen LogP contribution in [0.5, 0.6) is 0 Å². The number of nitrogens with zero attached hydrogens (tertiary/aromatic N) is 2. The molecule has 4 heteroatoms. The molecule has 0 amide bonds. The van der Waals surface area contributed by atoms with E-state index in [1.165, 1.54) is 0 Å². The van der Waals surface area contributed by atoms with Crippen molar-refractivity contribution in [2.24, 2.45) is 0 Å². The van der Waals surface area contributed by atoms with Gasteiger partial charge < -0.3 is 10.1 Å². The Morgan fingerprint density at radius 1 is 1.17 bits per heavy atom. The van der Waals surface area contributed by atoms with E-state index in [0.717, 1.165) is 39.5 Å². The summed E-state index contributed by atoms with van der Waals surface area (Å²) in [5.74, 6) is 0. The topological polar surface area (TPSA) is 27.7 Å². The van der Waals surface area contributed by atoms with E-state index in [-0.39, 0.29) is 0 Å². The van der Waals surface area contributed by atoms with Crippen LogP contribution in [-0.2, 0) is 4.74 Å². The lowest BCUT2D eigenvalue weighted by Gasteiger charge is -2.37. The van der Waals surface area contributed by atoms with Gasteiger partial charge in [-0.2, -0.15) is 0 Å². The Bertz CT molecular complexity index is 166. The Balaban J connectivity index is 1.85. The number of ether oxygens (including phenoxy) is 1. The minimum atomic E-state index is 0.861. The van der Waals surface area contributed by atoms with Gasteiger partial charge in [0, 0.05) is 19.6 Å². The van der Waals surface area contributed by atoms with Gasteiger partial charge in [-0.25, -0.2) is 10.0 Å². The van der Waals surface area contributed by atoms with Crippen LogP contribution in [0.15, 0.2) is 12.3 Å². The normalized spacial score (nSPS) is 27.0. The van der Waals surface area contributed by atoms with Gasteiger partial charge >= 0.3 is 0 Å². The minimum Gasteiger partial charge on any atom is -0.379 e. The monoisotopic (exact) mass is 169 g/mol. The summed E-state index contributed by atoms with van der Waals surface area (Å²) in [5.41, 5.74) is 0. The second-order valence-corrected chi connectivity index (χ2v) is 3.02. The first-order valence-corrected chi connectivity index (χ1v) is 4.43. The van der Waals surface area contributed by atoms with Crippen LogP contribution in [0.3, 0.4) is 0 Å². The predicted octanol–water partition coefficient (Wildman–Crippen LogP) is -0.390. The fourth-order valence-electron chi connectivity index (χ4n) is 1.53. The summed E-state index contributed by atoms with van der Waals surface area (Å²) in [4.78, 5) is 0. The third kappa shape index (κ3) is 1.77. The Morgan fingerprint density at radius 3 is 2.67 bits per heavy atom. The Hall–Kier alpha value is -0.580. The van der Waals surface area contributed by atoms with Crippen LogP contribution in [0.1, 0.15) is 0 Å². The maximum atomic E-state index is 5.28. The largest absolute Gasteiger partial charge is 0.379 e. The first-order chi connectivity index (χ1) is 5.97. The van der Waals surface area contributed by atoms with Gasteiger partial charge in [-0.15, -0.1) is 0 Å². The zero-order chi connectivity index (χ0) is 8.23. The van der Waals surface area contributed by atoms with Crippen LogP contribution in [-0.4, -0.2) is 49.5 Å². The highest BCUT2D eigenvalue weighted by Crippen LogP contribution is 2.03. The second-order valence-electron chi connectivity index (χ2n) is 3.02. The number of rotatable bonds is 1. The van der Waals surface area contributed by atoms with Crippen molar-refractivity contribution < 1.29 is 4.74 Å². The molecule has 1 fully saturated rings. The van der Waals surface area contributed by atoms with E-state index >= 15 is 0 Å². The van der Waals surface area contributed by atoms with Gasteiger partial charge in [0.1, 0.15) is 0 Å². The Morgan fingerprint density at radius 2 is 2.00 bits per heavy atom. The quantitative estimate of drug-likeness (QED) is 0.578. The summed E-state index contributed by atoms with van der Waals surface area (Å²) in [7, 11) is 0. The van der Waals surface area contributed by atoms with Crippen molar-refractivity contribution in [2.75, 3.05) is 39.5 Å². The number of hydrogen-bond acceptors (Lipinski definition) is 4. The molecule has 0 bridgehead atoms. The van der Waals surface area contributed by atoms with Crippen LogP contribution in [0, 0.1) is 0 Å². The highest BCUT2D eigenvalue weighted by molar-refractivity contribution is 4.87. The van der Waals surface area contributed by atoms with Gasteiger partial charge in [0.2, 0.25) is 0 Å². The maximum absolute atomic E-state index is 5.28. The molecule has 0 aliphatic carbocycles. The van der Waals surface area contributed by atoms with Crippen molar-refractivity contribution in [1.29, 1.82) is 0 Å². The van der Waals surface area contributed by atoms with E-state index in [9.17, 15) is 0 Å². The van der Waals surface area contributed by atoms with E-state index in [2.05, 4.69) is 21.4 Å². The van der Waals surface area contributed by atoms with Crippen LogP contribution >= 0.6 is 0 Å². The first kappa shape index (κ1) is 8.04. The molecule has 2 aliphatic rings. The SMILES string of the molecule is C1=CNCN(N2CCOCC2)C1. The molecule has 0 saturated carbocycles. The van der Waals surface area contributed by atoms with Crippen molar-refractivity contribution in [2.45, 2.75) is 0 Å². The summed E-state index contributed by atoms with van der Waals surface area (Å²) in [5, 5.41) is 7.85. The molecule has 0 unspecified atom stereocenters. The lowest BCUT2D eigenvalue weighted by atomic mass is 10.4. The highest BCUT2D eigenvalue weighted by atomic mass is 16.5. The summed E-state index contributed by atoms with van der Waals surface area (Å²) in [6.07, 6.45) is 4.15. The van der Waals surface area contributed by atoms with E-state index in [0.29, 0.717) is 0 Å². The lowest BCUT2D eigenvalue weighted by molar-refractivity contribution is -0.0882. The summed E-state index contributed by atoms with van der Waals surface area (Å²) < 4.78 is 5.28. The first-order valence-electron chi connectivity index (χ1n) is 4.43. The van der Waals surface area contributed by atoms with Gasteiger partial charge in [0.15, 0.2) is 0 Å². The number of hydrazine groups is 1. The van der Waals surface area contributed by atoms with Crippen LogP contribution in [0.2, 0.25) is 0 Å². The molecule has 0 aromatic rings. The van der Waals surface area contributed by atoms with E-state index in [4.69, 9.17) is 4.74 Å². The second kappa shape index (κ2) is 3.89. The molecule has 68 valence electrons. The zero-order valence-corrected chi connectivity index (χ0v) is 7.20. The van der Waals surface area contributed by atoms with Crippen LogP contribution < -0.4 is 5.32 Å². The van der Waals surface area contributed by atoms with Gasteiger partial charge in [0.25, 0.3) is 0 Å². The van der Waals surface area contributed by atoms with Crippen molar-refractivity contribution in [3.05, 3.63) is 12.3 Å². The molecule has 2 rings (SSSR count). The third-order valence-electron chi connectivity index (χ3n) is 2.21. The van der Waals surface area contributed by atoms with Crippen molar-refractivity contribution >= 4 is 0 Å². The Kier molecular flexibility index (Phi) is 2.60. The average molecular weight is 169 g/mol. The number of hydrogen-bond donors (Lipinski definition) is 1. The van der Waals surface area contributed by atoms with Gasteiger partial charge in [0.05, 0.1) is 19.9 Å².